The molecule has 3 aromatic carbocycles. The van der Waals surface area contributed by atoms with Gasteiger partial charge in [-0.05, 0) is 23.8 Å². The molecule has 0 saturated carbocycles. The van der Waals surface area contributed by atoms with Crippen LogP contribution in [0.5, 0.6) is 0 Å². The molecule has 1 N–H and O–H groups in total. The molecule has 136 valence electrons. The Morgan fingerprint density at radius 2 is 1.57 bits per heavy atom. The fraction of sp³-hybridized carbons (Fsp3) is 0.0833. The predicted octanol–water partition coefficient (Wildman–Crippen LogP) is 5.16. The van der Waals surface area contributed by atoms with Crippen LogP contribution in [0.25, 0.3) is 10.9 Å². The molecule has 0 aliphatic carbocycles. The molecule has 1 amide bonds. The number of amides is 1. The highest BCUT2D eigenvalue weighted by atomic mass is 16.2. The first kappa shape index (κ1) is 16.5. The number of nitrogens with one attached hydrogen (secondary N) is 1. The number of rotatable bonds is 3. The summed E-state index contributed by atoms with van der Waals surface area (Å²) in [5.74, 6) is -0.0794. The van der Waals surface area contributed by atoms with Crippen molar-refractivity contribution in [3.05, 3.63) is 108 Å². The van der Waals surface area contributed by atoms with E-state index >= 15 is 0 Å². The first-order valence-corrected chi connectivity index (χ1v) is 9.39. The fourth-order valence-electron chi connectivity index (χ4n) is 3.82. The zero-order chi connectivity index (χ0) is 18.9. The second kappa shape index (κ2) is 6.82. The minimum Gasteiger partial charge on any atom is -0.360 e. The first-order chi connectivity index (χ1) is 13.8. The largest absolute Gasteiger partial charge is 0.360 e. The molecule has 1 aromatic heterocycles. The zero-order valence-corrected chi connectivity index (χ0v) is 15.2. The highest BCUT2D eigenvalue weighted by Gasteiger charge is 2.34. The van der Waals surface area contributed by atoms with Gasteiger partial charge < -0.3 is 4.98 Å². The van der Waals surface area contributed by atoms with Gasteiger partial charge in [0.25, 0.3) is 5.91 Å². The van der Waals surface area contributed by atoms with Gasteiger partial charge in [-0.25, -0.2) is 5.01 Å². The van der Waals surface area contributed by atoms with E-state index in [0.717, 1.165) is 27.7 Å². The number of carbonyl (C=O) groups is 1. The van der Waals surface area contributed by atoms with Gasteiger partial charge in [-0.2, -0.15) is 5.10 Å². The van der Waals surface area contributed by atoms with E-state index in [4.69, 9.17) is 5.10 Å². The van der Waals surface area contributed by atoms with Crippen LogP contribution in [0, 0.1) is 0 Å². The van der Waals surface area contributed by atoms with Crippen molar-refractivity contribution < 1.29 is 4.79 Å². The number of benzene rings is 3. The molecular weight excluding hydrogens is 346 g/mol. The summed E-state index contributed by atoms with van der Waals surface area (Å²) >= 11 is 0. The molecule has 1 unspecified atom stereocenters. The average molecular weight is 365 g/mol. The van der Waals surface area contributed by atoms with Gasteiger partial charge in [0.2, 0.25) is 0 Å². The van der Waals surface area contributed by atoms with Gasteiger partial charge in [0.15, 0.2) is 0 Å². The van der Waals surface area contributed by atoms with Crippen LogP contribution in [0.2, 0.25) is 0 Å². The Morgan fingerprint density at radius 1 is 0.893 bits per heavy atom. The maximum atomic E-state index is 13.2. The van der Waals surface area contributed by atoms with E-state index < -0.39 is 0 Å². The quantitative estimate of drug-likeness (QED) is 0.536. The van der Waals surface area contributed by atoms with E-state index in [9.17, 15) is 4.79 Å². The summed E-state index contributed by atoms with van der Waals surface area (Å²) in [4.78, 5) is 16.5. The number of hydrogen-bond acceptors (Lipinski definition) is 2. The van der Waals surface area contributed by atoms with Gasteiger partial charge >= 0.3 is 0 Å². The molecule has 4 nitrogen and oxygen atoms in total. The van der Waals surface area contributed by atoms with Gasteiger partial charge in [0.05, 0.1) is 11.8 Å². The first-order valence-electron chi connectivity index (χ1n) is 9.39. The fourth-order valence-corrected chi connectivity index (χ4v) is 3.82. The number of hydrogen-bond donors (Lipinski definition) is 1. The summed E-state index contributed by atoms with van der Waals surface area (Å²) in [5.41, 5.74) is 4.79. The molecule has 4 aromatic rings. The summed E-state index contributed by atoms with van der Waals surface area (Å²) in [6, 6.07) is 27.5. The molecular formula is C24H19N3O. The predicted molar refractivity (Wildman–Crippen MR) is 111 cm³/mol. The summed E-state index contributed by atoms with van der Waals surface area (Å²) in [5, 5.41) is 7.56. The van der Waals surface area contributed by atoms with Gasteiger partial charge in [0.1, 0.15) is 0 Å². The average Bonchev–Trinajstić information content (AvgIpc) is 3.39. The number of nitrogens with zero attached hydrogens (tertiary/aromatic N) is 2. The van der Waals surface area contributed by atoms with E-state index in [0.29, 0.717) is 12.0 Å². The molecule has 2 heterocycles. The van der Waals surface area contributed by atoms with E-state index in [1.165, 1.54) is 0 Å². The van der Waals surface area contributed by atoms with Crippen LogP contribution in [0.4, 0.5) is 0 Å². The van der Waals surface area contributed by atoms with Crippen LogP contribution >= 0.6 is 0 Å². The Labute approximate surface area is 163 Å². The molecule has 4 heteroatoms. The van der Waals surface area contributed by atoms with E-state index in [1.54, 1.807) is 5.01 Å². The van der Waals surface area contributed by atoms with Crippen LogP contribution in [0.3, 0.4) is 0 Å². The Morgan fingerprint density at radius 3 is 2.36 bits per heavy atom. The minimum absolute atomic E-state index is 0.0794. The van der Waals surface area contributed by atoms with Crippen LogP contribution in [0.15, 0.2) is 96.2 Å². The summed E-state index contributed by atoms with van der Waals surface area (Å²) in [7, 11) is 0. The van der Waals surface area contributed by atoms with Crippen molar-refractivity contribution in [3.63, 3.8) is 0 Å². The summed E-state index contributed by atoms with van der Waals surface area (Å²) in [6.45, 7) is 0. The topological polar surface area (TPSA) is 48.5 Å². The van der Waals surface area contributed by atoms with Crippen molar-refractivity contribution in [2.45, 2.75) is 12.5 Å². The lowest BCUT2D eigenvalue weighted by Crippen LogP contribution is -2.27. The van der Waals surface area contributed by atoms with Crippen molar-refractivity contribution in [1.29, 1.82) is 0 Å². The Balaban J connectivity index is 1.59. The van der Waals surface area contributed by atoms with Crippen LogP contribution in [0.1, 0.15) is 33.9 Å². The van der Waals surface area contributed by atoms with E-state index in [2.05, 4.69) is 29.2 Å². The maximum Gasteiger partial charge on any atom is 0.274 e. The van der Waals surface area contributed by atoms with Crippen LogP contribution in [-0.2, 0) is 0 Å². The number of para-hydroxylation sites is 1. The molecule has 0 radical (unpaired) electrons. The van der Waals surface area contributed by atoms with Gasteiger partial charge in [0, 0.05) is 34.6 Å². The van der Waals surface area contributed by atoms with Gasteiger partial charge in [-0.15, -0.1) is 0 Å². The lowest BCUT2D eigenvalue weighted by Gasteiger charge is -2.22. The molecule has 0 saturated heterocycles. The van der Waals surface area contributed by atoms with Gasteiger partial charge in [-0.3, -0.25) is 4.79 Å². The lowest BCUT2D eigenvalue weighted by atomic mass is 9.98. The number of aromatic nitrogens is 1. The lowest BCUT2D eigenvalue weighted by molar-refractivity contribution is 0.0711. The van der Waals surface area contributed by atoms with Crippen molar-refractivity contribution in [3.8, 4) is 0 Å². The van der Waals surface area contributed by atoms with Crippen molar-refractivity contribution >= 4 is 22.5 Å². The summed E-state index contributed by atoms with van der Waals surface area (Å²) < 4.78 is 0. The Kier molecular flexibility index (Phi) is 4.02. The minimum atomic E-state index is -0.113. The maximum absolute atomic E-state index is 13.2. The molecule has 0 spiro atoms. The molecule has 28 heavy (non-hydrogen) atoms. The third-order valence-electron chi connectivity index (χ3n) is 5.22. The highest BCUT2D eigenvalue weighted by molar-refractivity contribution is 6.12. The second-order valence-corrected chi connectivity index (χ2v) is 6.94. The number of carbonyl (C=O) groups excluding carboxylic acids is 1. The molecule has 1 atom stereocenters. The standard InChI is InChI=1S/C24H19N3O/c28-24(18-11-5-2-6-12-18)27-23(17-9-3-1-4-10-17)15-22(26-27)20-16-25-21-14-8-7-13-19(20)21/h1-14,16,23,25H,15H2. The number of hydrazone groups is 1. The number of fused-ring (bicyclic) bond motifs is 1. The monoisotopic (exact) mass is 365 g/mol. The third kappa shape index (κ3) is 2.79. The van der Waals surface area contributed by atoms with Crippen molar-refractivity contribution in [2.75, 3.05) is 0 Å². The molecule has 1 aliphatic rings. The normalized spacial score (nSPS) is 16.4. The Bertz CT molecular complexity index is 1160. The molecule has 0 bridgehead atoms. The second-order valence-electron chi connectivity index (χ2n) is 6.94. The van der Waals surface area contributed by atoms with Crippen LogP contribution < -0.4 is 0 Å². The van der Waals surface area contributed by atoms with E-state index in [-0.39, 0.29) is 11.9 Å². The SMILES string of the molecule is O=C(c1ccccc1)N1N=C(c2c[nH]c3ccccc23)CC1c1ccccc1. The molecule has 1 aliphatic heterocycles. The summed E-state index contributed by atoms with van der Waals surface area (Å²) in [6.07, 6.45) is 2.67. The van der Waals surface area contributed by atoms with E-state index in [1.807, 2.05) is 66.9 Å². The Hall–Kier alpha value is -3.66. The molecule has 0 fully saturated rings. The van der Waals surface area contributed by atoms with Gasteiger partial charge in [-0.1, -0.05) is 66.7 Å². The van der Waals surface area contributed by atoms with Crippen molar-refractivity contribution in [1.82, 2.24) is 9.99 Å². The number of aromatic amines is 1. The zero-order valence-electron chi connectivity index (χ0n) is 15.2. The van der Waals surface area contributed by atoms with Crippen molar-refractivity contribution in [2.24, 2.45) is 5.10 Å². The molecule has 5 rings (SSSR count). The van der Waals surface area contributed by atoms with Crippen LogP contribution in [-0.4, -0.2) is 21.6 Å². The third-order valence-corrected chi connectivity index (χ3v) is 5.22. The number of H-pyrrole nitrogens is 1. The smallest absolute Gasteiger partial charge is 0.274 e. The highest BCUT2D eigenvalue weighted by Crippen LogP contribution is 2.35.